The van der Waals surface area contributed by atoms with Gasteiger partial charge in [0.15, 0.2) is 0 Å². The fourth-order valence-corrected chi connectivity index (χ4v) is 4.35. The van der Waals surface area contributed by atoms with E-state index in [-0.39, 0.29) is 0 Å². The van der Waals surface area contributed by atoms with Crippen LogP contribution in [-0.4, -0.2) is 36.6 Å². The average molecular weight is 250 g/mol. The number of nitrogens with one attached hydrogen (secondary N) is 1. The maximum atomic E-state index is 3.75. The Hall–Kier alpha value is -0.0800. The molecule has 3 aliphatic rings. The number of likely N-dealkylation sites (N-methyl/N-ethyl adjacent to an activating group) is 1. The Labute approximate surface area is 113 Å². The van der Waals surface area contributed by atoms with Crippen molar-refractivity contribution in [2.75, 3.05) is 19.6 Å². The summed E-state index contributed by atoms with van der Waals surface area (Å²) >= 11 is 0. The number of nitrogens with zero attached hydrogens (tertiary/aromatic N) is 1. The molecule has 0 aromatic heterocycles. The molecule has 0 spiro atoms. The van der Waals surface area contributed by atoms with Crippen molar-refractivity contribution >= 4 is 0 Å². The standard InChI is InChI=1S/C16H30N2/c1-2-17-15(13-9-10-13)12-18-11-5-7-14-6-3-4-8-16(14)18/h13-17H,2-12H2,1H3/t14-,15?,16-/m1/s1. The summed E-state index contributed by atoms with van der Waals surface area (Å²) in [4.78, 5) is 2.86. The third kappa shape index (κ3) is 2.91. The normalized spacial score (nSPS) is 35.2. The maximum absolute atomic E-state index is 3.75. The largest absolute Gasteiger partial charge is 0.313 e. The number of fused-ring (bicyclic) bond motifs is 1. The van der Waals surface area contributed by atoms with E-state index in [1.807, 2.05) is 0 Å². The average Bonchev–Trinajstić information content (AvgIpc) is 3.23. The van der Waals surface area contributed by atoms with Crippen molar-refractivity contribution in [2.45, 2.75) is 70.4 Å². The third-order valence-electron chi connectivity index (χ3n) is 5.45. The minimum absolute atomic E-state index is 0.788. The molecule has 0 amide bonds. The van der Waals surface area contributed by atoms with Gasteiger partial charge in [0.2, 0.25) is 0 Å². The Morgan fingerprint density at radius 1 is 1.06 bits per heavy atom. The molecule has 0 radical (unpaired) electrons. The first kappa shape index (κ1) is 12.9. The van der Waals surface area contributed by atoms with E-state index >= 15 is 0 Å². The van der Waals surface area contributed by atoms with E-state index in [0.29, 0.717) is 0 Å². The minimum atomic E-state index is 0.788. The van der Waals surface area contributed by atoms with E-state index in [4.69, 9.17) is 0 Å². The lowest BCUT2D eigenvalue weighted by Gasteiger charge is -2.45. The van der Waals surface area contributed by atoms with Crippen LogP contribution in [-0.2, 0) is 0 Å². The minimum Gasteiger partial charge on any atom is -0.313 e. The smallest absolute Gasteiger partial charge is 0.0223 e. The second-order valence-electron chi connectivity index (χ2n) is 6.75. The van der Waals surface area contributed by atoms with Gasteiger partial charge in [0.05, 0.1) is 0 Å². The molecule has 104 valence electrons. The van der Waals surface area contributed by atoms with E-state index in [9.17, 15) is 0 Å². The lowest BCUT2D eigenvalue weighted by molar-refractivity contribution is 0.0510. The van der Waals surface area contributed by atoms with Gasteiger partial charge in [-0.2, -0.15) is 0 Å². The Morgan fingerprint density at radius 2 is 1.83 bits per heavy atom. The van der Waals surface area contributed by atoms with Gasteiger partial charge < -0.3 is 5.32 Å². The molecule has 0 bridgehead atoms. The van der Waals surface area contributed by atoms with Crippen molar-refractivity contribution in [3.63, 3.8) is 0 Å². The van der Waals surface area contributed by atoms with Crippen molar-refractivity contribution in [1.82, 2.24) is 10.2 Å². The summed E-state index contributed by atoms with van der Waals surface area (Å²) in [5.74, 6) is 2.03. The second-order valence-corrected chi connectivity index (χ2v) is 6.75. The van der Waals surface area contributed by atoms with Crippen LogP contribution in [0, 0.1) is 11.8 Å². The summed E-state index contributed by atoms with van der Waals surface area (Å²) in [7, 11) is 0. The lowest BCUT2D eigenvalue weighted by atomic mass is 9.78. The molecule has 0 aromatic rings. The molecule has 0 aromatic carbocycles. The highest BCUT2D eigenvalue weighted by Gasteiger charge is 2.37. The monoisotopic (exact) mass is 250 g/mol. The van der Waals surface area contributed by atoms with Crippen molar-refractivity contribution < 1.29 is 0 Å². The van der Waals surface area contributed by atoms with Gasteiger partial charge in [0.25, 0.3) is 0 Å². The summed E-state index contributed by atoms with van der Waals surface area (Å²) < 4.78 is 0. The molecular weight excluding hydrogens is 220 g/mol. The first-order chi connectivity index (χ1) is 8.88. The van der Waals surface area contributed by atoms with Crippen molar-refractivity contribution in [1.29, 1.82) is 0 Å². The predicted octanol–water partition coefficient (Wildman–Crippen LogP) is 3.03. The molecule has 2 aliphatic carbocycles. The first-order valence-electron chi connectivity index (χ1n) is 8.36. The summed E-state index contributed by atoms with van der Waals surface area (Å²) in [5, 5.41) is 3.75. The Kier molecular flexibility index (Phi) is 4.25. The summed E-state index contributed by atoms with van der Waals surface area (Å²) in [6.07, 6.45) is 11.9. The van der Waals surface area contributed by atoms with Crippen LogP contribution in [0.2, 0.25) is 0 Å². The van der Waals surface area contributed by atoms with Crippen LogP contribution in [0.3, 0.4) is 0 Å². The van der Waals surface area contributed by atoms with Crippen molar-refractivity contribution in [3.05, 3.63) is 0 Å². The molecule has 2 heteroatoms. The topological polar surface area (TPSA) is 15.3 Å². The lowest BCUT2D eigenvalue weighted by Crippen LogP contribution is -2.52. The zero-order valence-electron chi connectivity index (χ0n) is 12.0. The summed E-state index contributed by atoms with van der Waals surface area (Å²) in [6.45, 7) is 6.10. The molecule has 1 heterocycles. The van der Waals surface area contributed by atoms with Crippen molar-refractivity contribution in [2.24, 2.45) is 11.8 Å². The Balaban J connectivity index is 1.59. The van der Waals surface area contributed by atoms with Gasteiger partial charge in [0.1, 0.15) is 0 Å². The molecule has 3 atom stereocenters. The van der Waals surface area contributed by atoms with Gasteiger partial charge in [-0.25, -0.2) is 0 Å². The molecule has 1 unspecified atom stereocenters. The highest BCUT2D eigenvalue weighted by molar-refractivity contribution is 4.93. The van der Waals surface area contributed by atoms with Gasteiger partial charge in [0, 0.05) is 18.6 Å². The Morgan fingerprint density at radius 3 is 2.61 bits per heavy atom. The van der Waals surface area contributed by atoms with E-state index in [0.717, 1.165) is 30.5 Å². The molecule has 3 fully saturated rings. The van der Waals surface area contributed by atoms with Crippen LogP contribution in [0.4, 0.5) is 0 Å². The molecule has 2 nitrogen and oxygen atoms in total. The summed E-state index contributed by atoms with van der Waals surface area (Å²) in [5.41, 5.74) is 0. The second kappa shape index (κ2) is 5.92. The molecule has 18 heavy (non-hydrogen) atoms. The first-order valence-corrected chi connectivity index (χ1v) is 8.36. The van der Waals surface area contributed by atoms with Crippen LogP contribution >= 0.6 is 0 Å². The van der Waals surface area contributed by atoms with Gasteiger partial charge in [-0.05, 0) is 63.5 Å². The number of piperidine rings is 1. The van der Waals surface area contributed by atoms with Gasteiger partial charge in [-0.3, -0.25) is 4.90 Å². The zero-order valence-corrected chi connectivity index (χ0v) is 12.0. The van der Waals surface area contributed by atoms with Crippen LogP contribution in [0.5, 0.6) is 0 Å². The summed E-state index contributed by atoms with van der Waals surface area (Å²) in [6, 6.07) is 1.73. The highest BCUT2D eigenvalue weighted by atomic mass is 15.2. The van der Waals surface area contributed by atoms with E-state index < -0.39 is 0 Å². The molecule has 3 rings (SSSR count). The molecular formula is C16H30N2. The van der Waals surface area contributed by atoms with E-state index in [1.54, 1.807) is 0 Å². The van der Waals surface area contributed by atoms with Crippen LogP contribution < -0.4 is 5.32 Å². The van der Waals surface area contributed by atoms with Crippen LogP contribution in [0.1, 0.15) is 58.3 Å². The van der Waals surface area contributed by atoms with Gasteiger partial charge in [-0.1, -0.05) is 19.8 Å². The van der Waals surface area contributed by atoms with Gasteiger partial charge in [-0.15, -0.1) is 0 Å². The quantitative estimate of drug-likeness (QED) is 0.807. The number of hydrogen-bond donors (Lipinski definition) is 1. The number of hydrogen-bond acceptors (Lipinski definition) is 2. The molecule has 1 saturated heterocycles. The zero-order chi connectivity index (χ0) is 12.4. The SMILES string of the molecule is CCNC(CN1CCC[C@H]2CCCC[C@H]21)C1CC1. The fourth-order valence-electron chi connectivity index (χ4n) is 4.35. The van der Waals surface area contributed by atoms with Crippen LogP contribution in [0.15, 0.2) is 0 Å². The number of likely N-dealkylation sites (tertiary alicyclic amines) is 1. The van der Waals surface area contributed by atoms with Gasteiger partial charge >= 0.3 is 0 Å². The molecule has 1 aliphatic heterocycles. The predicted molar refractivity (Wildman–Crippen MR) is 76.7 cm³/mol. The molecule has 1 N–H and O–H groups in total. The number of rotatable bonds is 5. The molecule has 2 saturated carbocycles. The Bertz CT molecular complexity index is 260. The van der Waals surface area contributed by atoms with Crippen molar-refractivity contribution in [3.8, 4) is 0 Å². The maximum Gasteiger partial charge on any atom is 0.0223 e. The van der Waals surface area contributed by atoms with Crippen LogP contribution in [0.25, 0.3) is 0 Å². The van der Waals surface area contributed by atoms with E-state index in [1.165, 1.54) is 64.5 Å². The highest BCUT2D eigenvalue weighted by Crippen LogP contribution is 2.37. The third-order valence-corrected chi connectivity index (χ3v) is 5.45. The van der Waals surface area contributed by atoms with E-state index in [2.05, 4.69) is 17.1 Å². The fraction of sp³-hybridized carbons (Fsp3) is 1.00.